The van der Waals surface area contributed by atoms with E-state index in [9.17, 15) is 10.5 Å². The van der Waals surface area contributed by atoms with E-state index in [1.54, 1.807) is 12.4 Å². The molecule has 2 rings (SSSR count). The lowest BCUT2D eigenvalue weighted by Crippen LogP contribution is -2.24. The zero-order valence-electron chi connectivity index (χ0n) is 10.3. The van der Waals surface area contributed by atoms with Gasteiger partial charge in [0.15, 0.2) is 0 Å². The Hall–Kier alpha value is -2.46. The smallest absolute Gasteiger partial charge is 0.0973 e. The normalized spacial score (nSPS) is 23.0. The molecule has 0 amide bonds. The van der Waals surface area contributed by atoms with Crippen molar-refractivity contribution in [2.45, 2.75) is 19.8 Å². The molecule has 2 heterocycles. The molecular formula is C14H12N4. The molecule has 0 aromatic carbocycles. The average molecular weight is 236 g/mol. The van der Waals surface area contributed by atoms with E-state index in [0.717, 1.165) is 11.3 Å². The number of aromatic nitrogens is 1. The minimum atomic E-state index is -0.384. The Morgan fingerprint density at radius 1 is 1.17 bits per heavy atom. The molecule has 88 valence electrons. The average Bonchev–Trinajstić information content (AvgIpc) is 2.39. The summed E-state index contributed by atoms with van der Waals surface area (Å²) < 4.78 is 0. The summed E-state index contributed by atoms with van der Waals surface area (Å²) in [4.78, 5) is 8.27. The maximum absolute atomic E-state index is 9.31. The highest BCUT2D eigenvalue weighted by molar-refractivity contribution is 5.90. The first-order chi connectivity index (χ1) is 8.69. The molecule has 0 aliphatic carbocycles. The molecule has 4 nitrogen and oxygen atoms in total. The van der Waals surface area contributed by atoms with Gasteiger partial charge in [-0.3, -0.25) is 9.98 Å². The molecule has 0 fully saturated rings. The van der Waals surface area contributed by atoms with Crippen molar-refractivity contribution in [3.05, 3.63) is 41.4 Å². The van der Waals surface area contributed by atoms with Crippen LogP contribution in [0.1, 0.15) is 25.3 Å². The first-order valence-corrected chi connectivity index (χ1v) is 5.64. The number of aliphatic imine (C=N–C) groups is 1. The molecule has 0 spiro atoms. The Bertz CT molecular complexity index is 599. The van der Waals surface area contributed by atoms with Crippen molar-refractivity contribution >= 4 is 5.71 Å². The van der Waals surface area contributed by atoms with Crippen LogP contribution >= 0.6 is 0 Å². The van der Waals surface area contributed by atoms with Crippen molar-refractivity contribution in [1.82, 2.24) is 4.98 Å². The molecule has 18 heavy (non-hydrogen) atoms. The fourth-order valence-corrected chi connectivity index (χ4v) is 2.28. The third kappa shape index (κ3) is 1.89. The van der Waals surface area contributed by atoms with Crippen LogP contribution in [0.2, 0.25) is 0 Å². The Morgan fingerprint density at radius 3 is 2.39 bits per heavy atom. The lowest BCUT2D eigenvalue weighted by molar-refractivity contribution is 0.702. The van der Waals surface area contributed by atoms with Crippen LogP contribution in [0.25, 0.3) is 0 Å². The number of hydrogen-bond donors (Lipinski definition) is 0. The highest BCUT2D eigenvalue weighted by Gasteiger charge is 2.33. The Morgan fingerprint density at radius 2 is 1.83 bits per heavy atom. The van der Waals surface area contributed by atoms with Crippen LogP contribution in [0.4, 0.5) is 0 Å². The molecule has 2 unspecified atom stereocenters. The van der Waals surface area contributed by atoms with Crippen LogP contribution < -0.4 is 0 Å². The number of nitrogens with zero attached hydrogens (tertiary/aromatic N) is 4. The molecule has 1 aliphatic heterocycles. The summed E-state index contributed by atoms with van der Waals surface area (Å²) in [5.74, 6) is -0.619. The molecule has 0 saturated heterocycles. The molecule has 1 aromatic heterocycles. The first kappa shape index (κ1) is 12.0. The Kier molecular flexibility index (Phi) is 3.21. The predicted molar refractivity (Wildman–Crippen MR) is 67.5 cm³/mol. The fraction of sp³-hybridized carbons (Fsp3) is 0.286. The second kappa shape index (κ2) is 4.81. The quantitative estimate of drug-likeness (QED) is 0.752. The molecule has 0 radical (unpaired) electrons. The lowest BCUT2D eigenvalue weighted by Gasteiger charge is -2.26. The van der Waals surface area contributed by atoms with Crippen molar-refractivity contribution in [3.63, 3.8) is 0 Å². The van der Waals surface area contributed by atoms with Crippen molar-refractivity contribution < 1.29 is 0 Å². The van der Waals surface area contributed by atoms with Crippen LogP contribution in [0.3, 0.4) is 0 Å². The molecule has 1 aliphatic rings. The van der Waals surface area contributed by atoms with Gasteiger partial charge in [-0.1, -0.05) is 0 Å². The zero-order valence-corrected chi connectivity index (χ0v) is 10.3. The molecule has 0 saturated carbocycles. The van der Waals surface area contributed by atoms with Gasteiger partial charge < -0.3 is 0 Å². The molecular weight excluding hydrogens is 224 g/mol. The van der Waals surface area contributed by atoms with E-state index < -0.39 is 0 Å². The summed E-state index contributed by atoms with van der Waals surface area (Å²) in [6.07, 6.45) is 3.35. The maximum Gasteiger partial charge on any atom is 0.0973 e. The topological polar surface area (TPSA) is 72.8 Å². The van der Waals surface area contributed by atoms with Crippen molar-refractivity contribution in [3.8, 4) is 12.1 Å². The Balaban J connectivity index is 2.60. The van der Waals surface area contributed by atoms with Gasteiger partial charge in [0.05, 0.1) is 29.3 Å². The summed E-state index contributed by atoms with van der Waals surface area (Å²) in [6, 6.07) is 8.13. The summed E-state index contributed by atoms with van der Waals surface area (Å²) in [7, 11) is 0. The second-order valence-electron chi connectivity index (χ2n) is 4.23. The number of rotatable bonds is 1. The van der Waals surface area contributed by atoms with Crippen LogP contribution in [-0.2, 0) is 0 Å². The van der Waals surface area contributed by atoms with Crippen LogP contribution in [0.5, 0.6) is 0 Å². The number of allylic oxidation sites excluding steroid dienone is 2. The largest absolute Gasteiger partial charge is 0.265 e. The van der Waals surface area contributed by atoms with Crippen molar-refractivity contribution in [2.24, 2.45) is 10.9 Å². The van der Waals surface area contributed by atoms with Gasteiger partial charge in [-0.2, -0.15) is 10.5 Å². The summed E-state index contributed by atoms with van der Waals surface area (Å²) >= 11 is 0. The van der Waals surface area contributed by atoms with Gasteiger partial charge in [0, 0.05) is 24.0 Å². The van der Waals surface area contributed by atoms with E-state index in [1.165, 1.54) is 0 Å². The third-order valence-electron chi connectivity index (χ3n) is 3.15. The Labute approximate surface area is 106 Å². The van der Waals surface area contributed by atoms with E-state index in [-0.39, 0.29) is 11.8 Å². The van der Waals surface area contributed by atoms with Gasteiger partial charge in [-0.15, -0.1) is 0 Å². The first-order valence-electron chi connectivity index (χ1n) is 5.64. The number of nitriles is 2. The number of hydrogen-bond acceptors (Lipinski definition) is 4. The zero-order chi connectivity index (χ0) is 13.1. The highest BCUT2D eigenvalue weighted by atomic mass is 14.8. The van der Waals surface area contributed by atoms with E-state index in [2.05, 4.69) is 22.1 Å². The molecule has 4 heteroatoms. The third-order valence-corrected chi connectivity index (χ3v) is 3.15. The van der Waals surface area contributed by atoms with Gasteiger partial charge in [-0.25, -0.2) is 0 Å². The second-order valence-corrected chi connectivity index (χ2v) is 4.23. The predicted octanol–water partition coefficient (Wildman–Crippen LogP) is 2.58. The fourth-order valence-electron chi connectivity index (χ4n) is 2.28. The standard InChI is InChI=1S/C14H12N4/c1-9-12(7-15)14(11-3-5-17-6-4-11)13(8-16)10(2)18-9/h3-6,12,14H,1-2H3. The summed E-state index contributed by atoms with van der Waals surface area (Å²) in [6.45, 7) is 3.64. The van der Waals surface area contributed by atoms with Crippen molar-refractivity contribution in [2.75, 3.05) is 0 Å². The van der Waals surface area contributed by atoms with Crippen LogP contribution in [-0.4, -0.2) is 10.7 Å². The summed E-state index contributed by atoms with van der Waals surface area (Å²) in [5.41, 5.74) is 2.96. The van der Waals surface area contributed by atoms with Gasteiger partial charge in [0.25, 0.3) is 0 Å². The van der Waals surface area contributed by atoms with E-state index in [4.69, 9.17) is 0 Å². The maximum atomic E-state index is 9.31. The van der Waals surface area contributed by atoms with E-state index >= 15 is 0 Å². The molecule has 0 bridgehead atoms. The van der Waals surface area contributed by atoms with E-state index in [0.29, 0.717) is 11.3 Å². The van der Waals surface area contributed by atoms with E-state index in [1.807, 2.05) is 26.0 Å². The minimum absolute atomic E-state index is 0.236. The van der Waals surface area contributed by atoms with Gasteiger partial charge >= 0.3 is 0 Å². The lowest BCUT2D eigenvalue weighted by atomic mass is 9.77. The number of pyridine rings is 1. The van der Waals surface area contributed by atoms with Crippen LogP contribution in [0.15, 0.2) is 40.8 Å². The SMILES string of the molecule is CC1=NC(C)=C(C#N)C(c2ccncc2)C1C#N. The minimum Gasteiger partial charge on any atom is -0.265 e. The monoisotopic (exact) mass is 236 g/mol. The van der Waals surface area contributed by atoms with Gasteiger partial charge in [-0.05, 0) is 31.5 Å². The molecule has 2 atom stereocenters. The van der Waals surface area contributed by atoms with Gasteiger partial charge in [0.2, 0.25) is 0 Å². The molecule has 1 aromatic rings. The highest BCUT2D eigenvalue weighted by Crippen LogP contribution is 2.37. The summed E-state index contributed by atoms with van der Waals surface area (Å²) in [5, 5.41) is 18.6. The molecule has 0 N–H and O–H groups in total. The van der Waals surface area contributed by atoms with Crippen molar-refractivity contribution in [1.29, 1.82) is 10.5 Å². The van der Waals surface area contributed by atoms with Crippen LogP contribution in [0, 0.1) is 28.6 Å². The van der Waals surface area contributed by atoms with Gasteiger partial charge in [0.1, 0.15) is 0 Å².